The first-order valence-corrected chi connectivity index (χ1v) is 10.5. The van der Waals surface area contributed by atoms with E-state index in [2.05, 4.69) is 61.6 Å². The highest BCUT2D eigenvalue weighted by Gasteiger charge is 2.54. The second-order valence-corrected chi connectivity index (χ2v) is 9.24. The molecule has 2 saturated carbocycles. The van der Waals surface area contributed by atoms with Gasteiger partial charge in [-0.05, 0) is 92.2 Å². The zero-order chi connectivity index (χ0) is 18.6. The molecule has 4 atom stereocenters. The van der Waals surface area contributed by atoms with E-state index in [0.29, 0.717) is 23.5 Å². The zero-order valence-corrected chi connectivity index (χ0v) is 16.4. The zero-order valence-electron chi connectivity index (χ0n) is 16.4. The molecule has 2 fully saturated rings. The molecule has 1 N–H and O–H groups in total. The minimum atomic E-state index is -0.0222. The number of hydrogen-bond acceptors (Lipinski definition) is 2. The molecule has 0 heterocycles. The molecule has 140 valence electrons. The van der Waals surface area contributed by atoms with Crippen LogP contribution in [0.5, 0.6) is 0 Å². The van der Waals surface area contributed by atoms with Gasteiger partial charge in [-0.2, -0.15) is 0 Å². The first kappa shape index (κ1) is 17.0. The van der Waals surface area contributed by atoms with Crippen molar-refractivity contribution >= 4 is 17.2 Å². The maximum absolute atomic E-state index is 12.5. The second-order valence-electron chi connectivity index (χ2n) is 9.24. The van der Waals surface area contributed by atoms with Crippen LogP contribution in [-0.2, 0) is 11.2 Å². The third kappa shape index (κ3) is 2.72. The number of carbonyl (C=O) groups is 1. The van der Waals surface area contributed by atoms with Crippen LogP contribution in [0.2, 0.25) is 0 Å². The highest BCUT2D eigenvalue weighted by Crippen LogP contribution is 2.59. The average Bonchev–Trinajstić information content (AvgIpc) is 2.98. The van der Waals surface area contributed by atoms with Crippen molar-refractivity contribution in [2.45, 2.75) is 58.3 Å². The number of nitrogens with one attached hydrogen (secondary N) is 1. The van der Waals surface area contributed by atoms with Crippen molar-refractivity contribution in [3.63, 3.8) is 0 Å². The van der Waals surface area contributed by atoms with E-state index in [1.807, 2.05) is 0 Å². The number of rotatable bonds is 2. The molecule has 0 unspecified atom stereocenters. The summed E-state index contributed by atoms with van der Waals surface area (Å²) >= 11 is 0. The van der Waals surface area contributed by atoms with Crippen LogP contribution < -0.4 is 5.32 Å². The third-order valence-corrected chi connectivity index (χ3v) is 7.78. The number of aryl methyl sites for hydroxylation is 2. The summed E-state index contributed by atoms with van der Waals surface area (Å²) in [4.78, 5) is 12.5. The summed E-state index contributed by atoms with van der Waals surface area (Å²) < 4.78 is 0. The molecule has 2 aromatic carbocycles. The van der Waals surface area contributed by atoms with E-state index in [-0.39, 0.29) is 5.41 Å². The topological polar surface area (TPSA) is 29.1 Å². The van der Waals surface area contributed by atoms with Crippen molar-refractivity contribution < 1.29 is 4.79 Å². The minimum absolute atomic E-state index is 0.0222. The number of hydrogen-bond donors (Lipinski definition) is 1. The predicted octanol–water partition coefficient (Wildman–Crippen LogP) is 6.16. The molecule has 5 rings (SSSR count). The summed E-state index contributed by atoms with van der Waals surface area (Å²) in [5, 5.41) is 3.56. The smallest absolute Gasteiger partial charge is 0.139 e. The molecular formula is C25H29NO. The van der Waals surface area contributed by atoms with Gasteiger partial charge in [0.2, 0.25) is 0 Å². The number of benzene rings is 2. The van der Waals surface area contributed by atoms with Gasteiger partial charge in [-0.1, -0.05) is 30.7 Å². The second kappa shape index (κ2) is 6.22. The molecule has 0 bridgehead atoms. The van der Waals surface area contributed by atoms with Crippen LogP contribution in [0.4, 0.5) is 11.4 Å². The van der Waals surface area contributed by atoms with E-state index in [0.717, 1.165) is 31.4 Å². The average molecular weight is 360 g/mol. The fourth-order valence-electron chi connectivity index (χ4n) is 6.23. The lowest BCUT2D eigenvalue weighted by Crippen LogP contribution is -2.42. The summed E-state index contributed by atoms with van der Waals surface area (Å²) in [6, 6.07) is 15.5. The van der Waals surface area contributed by atoms with Gasteiger partial charge in [0, 0.05) is 23.2 Å². The molecule has 2 aromatic rings. The Morgan fingerprint density at radius 3 is 2.56 bits per heavy atom. The lowest BCUT2D eigenvalue weighted by molar-refractivity contribution is -0.129. The van der Waals surface area contributed by atoms with E-state index < -0.39 is 0 Å². The van der Waals surface area contributed by atoms with Gasteiger partial charge in [-0.25, -0.2) is 0 Å². The van der Waals surface area contributed by atoms with Gasteiger partial charge in [0.25, 0.3) is 0 Å². The fraction of sp³-hybridized carbons (Fsp3) is 0.480. The maximum Gasteiger partial charge on any atom is 0.139 e. The van der Waals surface area contributed by atoms with Crippen molar-refractivity contribution in [1.82, 2.24) is 0 Å². The molecule has 0 aliphatic heterocycles. The van der Waals surface area contributed by atoms with Crippen LogP contribution in [0.1, 0.15) is 61.6 Å². The molecule has 0 spiro atoms. The van der Waals surface area contributed by atoms with Crippen molar-refractivity contribution in [3.05, 3.63) is 59.2 Å². The van der Waals surface area contributed by atoms with Crippen LogP contribution in [0.25, 0.3) is 0 Å². The summed E-state index contributed by atoms with van der Waals surface area (Å²) in [6.07, 6.45) is 6.61. The standard InChI is InChI=1S/C25H29NO/c1-16-3-6-18(7-4-16)26-19-8-10-20-17(15-19)5-9-22-21(20)13-14-25(2)23(22)11-12-24(25)27/h3-4,6-8,10,15,21-23,26H,5,9,11-14H2,1-2H3/t21-,22-,23+,25+/m1/s1. The third-order valence-electron chi connectivity index (χ3n) is 7.78. The van der Waals surface area contributed by atoms with Gasteiger partial charge < -0.3 is 5.32 Å². The van der Waals surface area contributed by atoms with Crippen molar-refractivity contribution in [1.29, 1.82) is 0 Å². The Bertz CT molecular complexity index is 884. The lowest BCUT2D eigenvalue weighted by atomic mass is 9.55. The van der Waals surface area contributed by atoms with Gasteiger partial charge in [-0.3, -0.25) is 4.79 Å². The van der Waals surface area contributed by atoms with Crippen LogP contribution in [0.15, 0.2) is 42.5 Å². The van der Waals surface area contributed by atoms with Crippen LogP contribution in [0, 0.1) is 24.2 Å². The molecule has 0 radical (unpaired) electrons. The van der Waals surface area contributed by atoms with Gasteiger partial charge in [0.05, 0.1) is 0 Å². The van der Waals surface area contributed by atoms with Crippen molar-refractivity contribution in [3.8, 4) is 0 Å². The van der Waals surface area contributed by atoms with Crippen LogP contribution in [-0.4, -0.2) is 5.78 Å². The highest BCUT2D eigenvalue weighted by molar-refractivity contribution is 5.87. The highest BCUT2D eigenvalue weighted by atomic mass is 16.1. The van der Waals surface area contributed by atoms with E-state index in [9.17, 15) is 4.79 Å². The summed E-state index contributed by atoms with van der Waals surface area (Å²) in [7, 11) is 0. The number of anilines is 2. The minimum Gasteiger partial charge on any atom is -0.356 e. The monoisotopic (exact) mass is 359 g/mol. The number of Topliss-reactive ketones (excluding diaryl/α,β-unsaturated/α-hetero) is 1. The van der Waals surface area contributed by atoms with Gasteiger partial charge >= 0.3 is 0 Å². The van der Waals surface area contributed by atoms with Crippen molar-refractivity contribution in [2.24, 2.45) is 17.3 Å². The Kier molecular flexibility index (Phi) is 3.93. The first-order valence-electron chi connectivity index (χ1n) is 10.5. The summed E-state index contributed by atoms with van der Waals surface area (Å²) in [5.41, 5.74) is 6.67. The molecular weight excluding hydrogens is 330 g/mol. The molecule has 0 aromatic heterocycles. The fourth-order valence-corrected chi connectivity index (χ4v) is 6.23. The van der Waals surface area contributed by atoms with E-state index in [1.54, 1.807) is 5.56 Å². The van der Waals surface area contributed by atoms with Crippen molar-refractivity contribution in [2.75, 3.05) is 5.32 Å². The number of fused-ring (bicyclic) bond motifs is 5. The molecule has 2 heteroatoms. The maximum atomic E-state index is 12.5. The van der Waals surface area contributed by atoms with E-state index >= 15 is 0 Å². The summed E-state index contributed by atoms with van der Waals surface area (Å²) in [5.74, 6) is 2.52. The normalized spacial score (nSPS) is 31.8. The quantitative estimate of drug-likeness (QED) is 0.695. The Hall–Kier alpha value is -2.09. The van der Waals surface area contributed by atoms with Gasteiger partial charge in [0.15, 0.2) is 0 Å². The first-order chi connectivity index (χ1) is 13.0. The van der Waals surface area contributed by atoms with Gasteiger partial charge in [-0.15, -0.1) is 0 Å². The molecule has 0 amide bonds. The number of carbonyl (C=O) groups excluding carboxylic acids is 1. The Balaban J connectivity index is 1.40. The Morgan fingerprint density at radius 2 is 1.74 bits per heavy atom. The summed E-state index contributed by atoms with van der Waals surface area (Å²) in [6.45, 7) is 4.37. The van der Waals surface area contributed by atoms with E-state index in [4.69, 9.17) is 0 Å². The largest absolute Gasteiger partial charge is 0.356 e. The molecule has 3 aliphatic carbocycles. The van der Waals surface area contributed by atoms with Crippen LogP contribution >= 0.6 is 0 Å². The van der Waals surface area contributed by atoms with Gasteiger partial charge in [0.1, 0.15) is 5.78 Å². The molecule has 27 heavy (non-hydrogen) atoms. The van der Waals surface area contributed by atoms with Crippen LogP contribution in [0.3, 0.4) is 0 Å². The molecule has 2 nitrogen and oxygen atoms in total. The molecule has 0 saturated heterocycles. The van der Waals surface area contributed by atoms with E-state index in [1.165, 1.54) is 29.7 Å². The Morgan fingerprint density at radius 1 is 0.963 bits per heavy atom. The lowest BCUT2D eigenvalue weighted by Gasteiger charge is -2.48. The predicted molar refractivity (Wildman–Crippen MR) is 111 cm³/mol. The Labute approximate surface area is 162 Å². The number of ketones is 1. The molecule has 3 aliphatic rings. The SMILES string of the molecule is Cc1ccc(Nc2ccc3c(c2)CC[C@@H]2[C@@H]3CC[C@]3(C)C(=O)CC[C@@H]23)cc1.